The van der Waals surface area contributed by atoms with Gasteiger partial charge >= 0.3 is 6.03 Å². The molecule has 2 aromatic rings. The van der Waals surface area contributed by atoms with E-state index in [2.05, 4.69) is 10.6 Å². The lowest BCUT2D eigenvalue weighted by Crippen LogP contribution is -2.43. The van der Waals surface area contributed by atoms with Crippen LogP contribution in [-0.4, -0.2) is 50.7 Å². The molecule has 0 saturated carbocycles. The maximum Gasteiger partial charge on any atom is 0.321 e. The maximum atomic E-state index is 12.6. The third-order valence-electron chi connectivity index (χ3n) is 5.21. The molecule has 0 atom stereocenters. The molecule has 0 unspecified atom stereocenters. The first-order valence-electron chi connectivity index (χ1n) is 9.82. The zero-order valence-electron chi connectivity index (χ0n) is 17.1. The first-order chi connectivity index (χ1) is 14.5. The number of urea groups is 1. The van der Waals surface area contributed by atoms with Gasteiger partial charge in [-0.2, -0.15) is 0 Å². The number of rotatable bonds is 6. The molecule has 0 aromatic heterocycles. The smallest absolute Gasteiger partial charge is 0.321 e. The number of para-hydroxylation sites is 2. The zero-order valence-corrected chi connectivity index (χ0v) is 17.9. The highest BCUT2D eigenvalue weighted by Gasteiger charge is 2.24. The summed E-state index contributed by atoms with van der Waals surface area (Å²) in [7, 11) is 3.09. The molecule has 0 spiro atoms. The van der Waals surface area contributed by atoms with Gasteiger partial charge in [0.05, 0.1) is 25.5 Å². The predicted octanol–water partition coefficient (Wildman–Crippen LogP) is 4.03. The topological polar surface area (TPSA) is 79.9 Å². The third kappa shape index (κ3) is 5.36. The zero-order chi connectivity index (χ0) is 21.5. The number of ether oxygens (including phenoxy) is 2. The molecule has 8 heteroatoms. The predicted molar refractivity (Wildman–Crippen MR) is 117 cm³/mol. The molecule has 1 heterocycles. The number of nitrogens with zero attached hydrogens (tertiary/aromatic N) is 1. The van der Waals surface area contributed by atoms with Crippen LogP contribution in [0.3, 0.4) is 0 Å². The number of nitrogens with one attached hydrogen (secondary N) is 2. The Hall–Kier alpha value is -2.93. The lowest BCUT2D eigenvalue weighted by molar-refractivity contribution is 0.0935. The Morgan fingerprint density at radius 2 is 1.77 bits per heavy atom. The average Bonchev–Trinajstić information content (AvgIpc) is 2.78. The molecular weight excluding hydrogens is 406 g/mol. The van der Waals surface area contributed by atoms with E-state index in [0.717, 1.165) is 12.8 Å². The van der Waals surface area contributed by atoms with Crippen LogP contribution in [-0.2, 0) is 0 Å². The number of piperidine rings is 1. The number of benzene rings is 2. The van der Waals surface area contributed by atoms with Crippen molar-refractivity contribution in [3.63, 3.8) is 0 Å². The van der Waals surface area contributed by atoms with Crippen molar-refractivity contribution >= 4 is 29.2 Å². The maximum absolute atomic E-state index is 12.6. The van der Waals surface area contributed by atoms with Crippen molar-refractivity contribution < 1.29 is 19.1 Å². The standard InChI is InChI=1S/C22H26ClN3O4/c1-29-19-8-7-16(23)13-17(19)21(27)24-14-15-9-11-26(12-10-15)22(28)25-18-5-3-4-6-20(18)30-2/h3-8,13,15H,9-12,14H2,1-2H3,(H,24,27)(H,25,28). The SMILES string of the molecule is COc1ccccc1NC(=O)N1CCC(CNC(=O)c2cc(Cl)ccc2OC)CC1. The van der Waals surface area contributed by atoms with Crippen LogP contribution < -0.4 is 20.1 Å². The molecule has 2 N–H and O–H groups in total. The number of hydrogen-bond acceptors (Lipinski definition) is 4. The van der Waals surface area contributed by atoms with Gasteiger partial charge in [-0.15, -0.1) is 0 Å². The van der Waals surface area contributed by atoms with Crippen LogP contribution in [0.15, 0.2) is 42.5 Å². The van der Waals surface area contributed by atoms with E-state index in [1.165, 1.54) is 7.11 Å². The second-order valence-electron chi connectivity index (χ2n) is 7.12. The molecule has 1 saturated heterocycles. The molecule has 3 rings (SSSR count). The Morgan fingerprint density at radius 3 is 2.47 bits per heavy atom. The Balaban J connectivity index is 1.48. The first-order valence-corrected chi connectivity index (χ1v) is 10.2. The molecular formula is C22H26ClN3O4. The second-order valence-corrected chi connectivity index (χ2v) is 7.55. The number of halogens is 1. The van der Waals surface area contributed by atoms with Gasteiger partial charge in [-0.1, -0.05) is 23.7 Å². The lowest BCUT2D eigenvalue weighted by atomic mass is 9.97. The quantitative estimate of drug-likeness (QED) is 0.723. The van der Waals surface area contributed by atoms with Crippen LogP contribution in [0.5, 0.6) is 11.5 Å². The van der Waals surface area contributed by atoms with Crippen molar-refractivity contribution in [1.29, 1.82) is 0 Å². The van der Waals surface area contributed by atoms with Gasteiger partial charge in [0, 0.05) is 24.7 Å². The fourth-order valence-corrected chi connectivity index (χ4v) is 3.64. The Kier molecular flexibility index (Phi) is 7.41. The highest BCUT2D eigenvalue weighted by atomic mass is 35.5. The molecule has 0 radical (unpaired) electrons. The van der Waals surface area contributed by atoms with Gasteiger partial charge in [-0.3, -0.25) is 4.79 Å². The van der Waals surface area contributed by atoms with Crippen LogP contribution in [0.1, 0.15) is 23.2 Å². The number of likely N-dealkylation sites (tertiary alicyclic amines) is 1. The van der Waals surface area contributed by atoms with E-state index in [-0.39, 0.29) is 11.9 Å². The van der Waals surface area contributed by atoms with E-state index in [1.807, 2.05) is 18.2 Å². The largest absolute Gasteiger partial charge is 0.496 e. The van der Waals surface area contributed by atoms with E-state index in [1.54, 1.807) is 36.3 Å². The van der Waals surface area contributed by atoms with Crippen LogP contribution in [0.25, 0.3) is 0 Å². The van der Waals surface area contributed by atoms with Gasteiger partial charge in [-0.25, -0.2) is 4.79 Å². The summed E-state index contributed by atoms with van der Waals surface area (Å²) in [5, 5.41) is 6.34. The highest BCUT2D eigenvalue weighted by Crippen LogP contribution is 2.25. The molecule has 30 heavy (non-hydrogen) atoms. The summed E-state index contributed by atoms with van der Waals surface area (Å²) in [5.74, 6) is 1.19. The van der Waals surface area contributed by atoms with E-state index < -0.39 is 0 Å². The number of amides is 3. The Morgan fingerprint density at radius 1 is 1.07 bits per heavy atom. The summed E-state index contributed by atoms with van der Waals surface area (Å²) in [4.78, 5) is 26.9. The Bertz CT molecular complexity index is 898. The lowest BCUT2D eigenvalue weighted by Gasteiger charge is -2.32. The van der Waals surface area contributed by atoms with E-state index in [0.29, 0.717) is 53.3 Å². The average molecular weight is 432 g/mol. The normalized spacial score (nSPS) is 14.2. The molecule has 1 aliphatic rings. The molecule has 2 aromatic carbocycles. The molecule has 160 valence electrons. The van der Waals surface area contributed by atoms with Crippen molar-refractivity contribution in [1.82, 2.24) is 10.2 Å². The van der Waals surface area contributed by atoms with E-state index >= 15 is 0 Å². The minimum absolute atomic E-state index is 0.148. The van der Waals surface area contributed by atoms with Gasteiger partial charge in [0.15, 0.2) is 0 Å². The van der Waals surface area contributed by atoms with Gasteiger partial charge in [-0.05, 0) is 49.1 Å². The van der Waals surface area contributed by atoms with Crippen LogP contribution >= 0.6 is 11.6 Å². The van der Waals surface area contributed by atoms with E-state index in [9.17, 15) is 9.59 Å². The van der Waals surface area contributed by atoms with Crippen LogP contribution in [0.2, 0.25) is 5.02 Å². The molecule has 1 aliphatic heterocycles. The van der Waals surface area contributed by atoms with Crippen molar-refractivity contribution in [3.05, 3.63) is 53.1 Å². The third-order valence-corrected chi connectivity index (χ3v) is 5.44. The number of carbonyl (C=O) groups is 2. The van der Waals surface area contributed by atoms with Crippen LogP contribution in [0, 0.1) is 5.92 Å². The van der Waals surface area contributed by atoms with Crippen molar-refractivity contribution in [2.45, 2.75) is 12.8 Å². The summed E-state index contributed by atoms with van der Waals surface area (Å²) < 4.78 is 10.5. The fourth-order valence-electron chi connectivity index (χ4n) is 3.47. The van der Waals surface area contributed by atoms with Gasteiger partial charge in [0.25, 0.3) is 5.91 Å². The van der Waals surface area contributed by atoms with E-state index in [4.69, 9.17) is 21.1 Å². The summed E-state index contributed by atoms with van der Waals surface area (Å²) in [6.45, 7) is 1.79. The summed E-state index contributed by atoms with van der Waals surface area (Å²) in [5.41, 5.74) is 1.06. The molecule has 1 fully saturated rings. The van der Waals surface area contributed by atoms with Crippen LogP contribution in [0.4, 0.5) is 10.5 Å². The minimum atomic E-state index is -0.217. The van der Waals surface area contributed by atoms with Gasteiger partial charge in [0.1, 0.15) is 11.5 Å². The van der Waals surface area contributed by atoms with Crippen molar-refractivity contribution in [3.8, 4) is 11.5 Å². The molecule has 7 nitrogen and oxygen atoms in total. The number of carbonyl (C=O) groups excluding carboxylic acids is 2. The highest BCUT2D eigenvalue weighted by molar-refractivity contribution is 6.31. The van der Waals surface area contributed by atoms with Gasteiger partial charge in [0.2, 0.25) is 0 Å². The molecule has 0 bridgehead atoms. The monoisotopic (exact) mass is 431 g/mol. The summed E-state index contributed by atoms with van der Waals surface area (Å²) in [6, 6.07) is 12.1. The minimum Gasteiger partial charge on any atom is -0.496 e. The second kappa shape index (κ2) is 10.2. The number of anilines is 1. The first kappa shape index (κ1) is 21.8. The number of hydrogen-bond donors (Lipinski definition) is 2. The summed E-state index contributed by atoms with van der Waals surface area (Å²) in [6.07, 6.45) is 1.62. The van der Waals surface area contributed by atoms with Gasteiger partial charge < -0.3 is 25.0 Å². The van der Waals surface area contributed by atoms with Crippen molar-refractivity contribution in [2.24, 2.45) is 5.92 Å². The number of methoxy groups -OCH3 is 2. The molecule has 3 amide bonds. The fraction of sp³-hybridized carbons (Fsp3) is 0.364. The summed E-state index contributed by atoms with van der Waals surface area (Å²) >= 11 is 6.00. The molecule has 0 aliphatic carbocycles. The van der Waals surface area contributed by atoms with Crippen molar-refractivity contribution in [2.75, 3.05) is 39.2 Å². The Labute approximate surface area is 181 Å².